The van der Waals surface area contributed by atoms with Crippen LogP contribution >= 0.6 is 0 Å². The largest absolute Gasteiger partial charge is 0.493 e. The van der Waals surface area contributed by atoms with Crippen molar-refractivity contribution in [1.82, 2.24) is 9.55 Å². The smallest absolute Gasteiger partial charge is 0.261 e. The Morgan fingerprint density at radius 3 is 2.72 bits per heavy atom. The lowest BCUT2D eigenvalue weighted by molar-refractivity contribution is 0.296. The fourth-order valence-electron chi connectivity index (χ4n) is 2.92. The summed E-state index contributed by atoms with van der Waals surface area (Å²) in [5.74, 6) is 1.42. The highest BCUT2D eigenvalue weighted by atomic mass is 16.5. The molecular formula is C21H24N2O2. The average Bonchev–Trinajstić information content (AvgIpc) is 2.66. The Labute approximate surface area is 148 Å². The first-order chi connectivity index (χ1) is 12.2. The number of aryl methyl sites for hydroxylation is 1. The molecule has 3 aromatic rings. The van der Waals surface area contributed by atoms with Gasteiger partial charge in [-0.1, -0.05) is 44.2 Å². The third-order valence-electron chi connectivity index (χ3n) is 4.59. The molecule has 0 fully saturated rings. The number of hydrogen-bond donors (Lipinski definition) is 0. The van der Waals surface area contributed by atoms with Crippen LogP contribution in [0.1, 0.15) is 38.2 Å². The molecule has 4 nitrogen and oxygen atoms in total. The maximum Gasteiger partial charge on any atom is 0.261 e. The summed E-state index contributed by atoms with van der Waals surface area (Å²) in [5.41, 5.74) is 1.99. The molecule has 0 spiro atoms. The Morgan fingerprint density at radius 1 is 1.12 bits per heavy atom. The molecule has 1 atom stereocenters. The number of ether oxygens (including phenoxy) is 1. The Kier molecular flexibility index (Phi) is 5.49. The third-order valence-corrected chi connectivity index (χ3v) is 4.59. The molecule has 0 aliphatic heterocycles. The van der Waals surface area contributed by atoms with Crippen molar-refractivity contribution in [2.75, 3.05) is 6.61 Å². The lowest BCUT2D eigenvalue weighted by atomic mass is 9.98. The Hall–Kier alpha value is -2.62. The van der Waals surface area contributed by atoms with Crippen LogP contribution in [0.2, 0.25) is 0 Å². The lowest BCUT2D eigenvalue weighted by Gasteiger charge is -2.15. The van der Waals surface area contributed by atoms with Crippen LogP contribution in [0.3, 0.4) is 0 Å². The van der Waals surface area contributed by atoms with E-state index in [-0.39, 0.29) is 5.56 Å². The van der Waals surface area contributed by atoms with Crippen molar-refractivity contribution >= 4 is 10.9 Å². The number of para-hydroxylation sites is 2. The van der Waals surface area contributed by atoms with Crippen LogP contribution in [0.4, 0.5) is 0 Å². The van der Waals surface area contributed by atoms with E-state index in [4.69, 9.17) is 4.74 Å². The first-order valence-corrected chi connectivity index (χ1v) is 8.86. The van der Waals surface area contributed by atoms with Crippen LogP contribution in [-0.4, -0.2) is 16.2 Å². The lowest BCUT2D eigenvalue weighted by Crippen LogP contribution is -2.21. The maximum atomic E-state index is 12.5. The van der Waals surface area contributed by atoms with E-state index < -0.39 is 0 Å². The van der Waals surface area contributed by atoms with E-state index in [2.05, 4.69) is 31.0 Å². The highest BCUT2D eigenvalue weighted by Crippen LogP contribution is 2.28. The minimum Gasteiger partial charge on any atom is -0.493 e. The molecular weight excluding hydrogens is 312 g/mol. The van der Waals surface area contributed by atoms with Crippen molar-refractivity contribution in [2.45, 2.75) is 39.2 Å². The van der Waals surface area contributed by atoms with Gasteiger partial charge in [0.1, 0.15) is 5.75 Å². The zero-order valence-electron chi connectivity index (χ0n) is 14.8. The molecule has 0 bridgehead atoms. The van der Waals surface area contributed by atoms with Crippen LogP contribution in [0, 0.1) is 0 Å². The van der Waals surface area contributed by atoms with E-state index in [1.165, 1.54) is 5.56 Å². The molecule has 0 radical (unpaired) electrons. The molecule has 0 N–H and O–H groups in total. The van der Waals surface area contributed by atoms with Crippen molar-refractivity contribution in [2.24, 2.45) is 0 Å². The fraction of sp³-hybridized carbons (Fsp3) is 0.333. The van der Waals surface area contributed by atoms with Gasteiger partial charge in [0.2, 0.25) is 0 Å². The highest BCUT2D eigenvalue weighted by molar-refractivity contribution is 5.76. The zero-order valence-corrected chi connectivity index (χ0v) is 14.8. The van der Waals surface area contributed by atoms with Gasteiger partial charge in [-0.05, 0) is 42.5 Å². The summed E-state index contributed by atoms with van der Waals surface area (Å²) < 4.78 is 7.63. The summed E-state index contributed by atoms with van der Waals surface area (Å²) in [6.45, 7) is 5.57. The van der Waals surface area contributed by atoms with Gasteiger partial charge >= 0.3 is 0 Å². The number of nitrogens with zero attached hydrogens (tertiary/aromatic N) is 2. The molecule has 4 heteroatoms. The van der Waals surface area contributed by atoms with Crippen LogP contribution in [-0.2, 0) is 6.54 Å². The molecule has 0 amide bonds. The summed E-state index contributed by atoms with van der Waals surface area (Å²) in [6.07, 6.45) is 3.46. The second-order valence-corrected chi connectivity index (χ2v) is 6.31. The molecule has 2 aromatic carbocycles. The Bertz CT molecular complexity index is 902. The summed E-state index contributed by atoms with van der Waals surface area (Å²) in [5, 5.41) is 0.660. The van der Waals surface area contributed by atoms with Crippen LogP contribution in [0.15, 0.2) is 59.7 Å². The monoisotopic (exact) mass is 336 g/mol. The van der Waals surface area contributed by atoms with Crippen LogP contribution in [0.5, 0.6) is 5.75 Å². The number of benzene rings is 2. The summed E-state index contributed by atoms with van der Waals surface area (Å²) in [7, 11) is 0. The molecule has 25 heavy (non-hydrogen) atoms. The van der Waals surface area contributed by atoms with E-state index in [0.29, 0.717) is 24.5 Å². The normalized spacial score (nSPS) is 12.2. The van der Waals surface area contributed by atoms with Gasteiger partial charge in [0.15, 0.2) is 0 Å². The van der Waals surface area contributed by atoms with E-state index in [1.807, 2.05) is 36.4 Å². The Balaban J connectivity index is 1.63. The van der Waals surface area contributed by atoms with Gasteiger partial charge in [0, 0.05) is 6.54 Å². The predicted octanol–water partition coefficient (Wildman–Crippen LogP) is 4.38. The first-order valence-electron chi connectivity index (χ1n) is 8.86. The standard InChI is InChI=1S/C21H24N2O2/c1-3-16(2)17-9-5-7-12-20(17)25-14-8-13-23-15-22-19-11-6-4-10-18(19)21(23)24/h4-7,9-12,15-16H,3,8,13-14H2,1-2H3/t16-/m0/s1. The molecule has 0 aliphatic rings. The van der Waals surface area contributed by atoms with E-state index in [9.17, 15) is 4.79 Å². The van der Waals surface area contributed by atoms with Gasteiger partial charge < -0.3 is 4.74 Å². The number of rotatable bonds is 7. The van der Waals surface area contributed by atoms with Gasteiger partial charge in [-0.3, -0.25) is 9.36 Å². The number of aromatic nitrogens is 2. The predicted molar refractivity (Wildman–Crippen MR) is 101 cm³/mol. The average molecular weight is 336 g/mol. The zero-order chi connectivity index (χ0) is 17.6. The van der Waals surface area contributed by atoms with Crippen molar-refractivity contribution < 1.29 is 4.74 Å². The summed E-state index contributed by atoms with van der Waals surface area (Å²) >= 11 is 0. The first kappa shape index (κ1) is 17.2. The Morgan fingerprint density at radius 2 is 1.88 bits per heavy atom. The second-order valence-electron chi connectivity index (χ2n) is 6.31. The van der Waals surface area contributed by atoms with Gasteiger partial charge in [-0.2, -0.15) is 0 Å². The maximum absolute atomic E-state index is 12.5. The van der Waals surface area contributed by atoms with E-state index in [1.54, 1.807) is 10.9 Å². The molecule has 3 rings (SSSR count). The fourth-order valence-corrected chi connectivity index (χ4v) is 2.92. The molecule has 0 saturated carbocycles. The highest BCUT2D eigenvalue weighted by Gasteiger charge is 2.09. The molecule has 0 unspecified atom stereocenters. The molecule has 1 aromatic heterocycles. The minimum absolute atomic E-state index is 0.00519. The molecule has 0 aliphatic carbocycles. The second kappa shape index (κ2) is 7.97. The molecule has 130 valence electrons. The van der Waals surface area contributed by atoms with Gasteiger partial charge in [-0.25, -0.2) is 4.98 Å². The van der Waals surface area contributed by atoms with Crippen LogP contribution in [0.25, 0.3) is 10.9 Å². The SMILES string of the molecule is CC[C@H](C)c1ccccc1OCCCn1cnc2ccccc2c1=O. The number of fused-ring (bicyclic) bond motifs is 1. The third kappa shape index (κ3) is 3.90. The van der Waals surface area contributed by atoms with E-state index in [0.717, 1.165) is 24.1 Å². The molecule has 1 heterocycles. The van der Waals surface area contributed by atoms with Gasteiger partial charge in [0.25, 0.3) is 5.56 Å². The molecule has 0 saturated heterocycles. The summed E-state index contributed by atoms with van der Waals surface area (Å²) in [4.78, 5) is 16.8. The summed E-state index contributed by atoms with van der Waals surface area (Å²) in [6, 6.07) is 15.6. The minimum atomic E-state index is 0.00519. The number of hydrogen-bond acceptors (Lipinski definition) is 3. The van der Waals surface area contributed by atoms with Gasteiger partial charge in [-0.15, -0.1) is 0 Å². The van der Waals surface area contributed by atoms with E-state index >= 15 is 0 Å². The van der Waals surface area contributed by atoms with Crippen molar-refractivity contribution in [3.8, 4) is 5.75 Å². The quantitative estimate of drug-likeness (QED) is 0.601. The van der Waals surface area contributed by atoms with Gasteiger partial charge in [0.05, 0.1) is 23.8 Å². The van der Waals surface area contributed by atoms with Crippen molar-refractivity contribution in [3.05, 3.63) is 70.8 Å². The van der Waals surface area contributed by atoms with Crippen molar-refractivity contribution in [1.29, 1.82) is 0 Å². The topological polar surface area (TPSA) is 44.1 Å². The van der Waals surface area contributed by atoms with Crippen LogP contribution < -0.4 is 10.3 Å². The van der Waals surface area contributed by atoms with Crippen molar-refractivity contribution in [3.63, 3.8) is 0 Å².